The van der Waals surface area contributed by atoms with Crippen LogP contribution in [0.2, 0.25) is 0 Å². The zero-order valence-corrected chi connectivity index (χ0v) is 14.3. The number of carbonyl (C=O) groups is 1. The molecule has 1 aromatic carbocycles. The summed E-state index contributed by atoms with van der Waals surface area (Å²) >= 11 is 0. The fourth-order valence-corrected chi connectivity index (χ4v) is 3.50. The molecular formula is C21H22N2O3. The lowest BCUT2D eigenvalue weighted by Gasteiger charge is -2.28. The van der Waals surface area contributed by atoms with Crippen LogP contribution in [-0.4, -0.2) is 30.1 Å². The van der Waals surface area contributed by atoms with Crippen LogP contribution < -0.4 is 5.32 Å². The zero-order chi connectivity index (χ0) is 20.4. The summed E-state index contributed by atoms with van der Waals surface area (Å²) in [5.74, 6) is -0.133. The van der Waals surface area contributed by atoms with E-state index in [-0.39, 0.29) is 18.1 Å². The van der Waals surface area contributed by atoms with Crippen molar-refractivity contribution in [2.45, 2.75) is 37.8 Å². The van der Waals surface area contributed by atoms with Crippen molar-refractivity contribution in [1.82, 2.24) is 10.3 Å². The number of benzene rings is 1. The molecule has 5 nitrogen and oxygen atoms in total. The maximum absolute atomic E-state index is 12.6. The van der Waals surface area contributed by atoms with Crippen LogP contribution in [0.15, 0.2) is 53.3 Å². The number of fused-ring (bicyclic) bond motifs is 1. The van der Waals surface area contributed by atoms with E-state index in [1.165, 1.54) is 0 Å². The predicted molar refractivity (Wildman–Crippen MR) is 100.0 cm³/mol. The maximum atomic E-state index is 12.6. The Kier molecular flexibility index (Phi) is 3.80. The standard InChI is InChI=1S/C21H22N2O3/c1-25-17-8-6-16(7-9-17)23-21(24)15-4-2-14(3-5-15)20-18-11-13-26-19(18)10-12-22-20/h2-5,10-13,16-17H,6-9H2,1H3,(H,23,24)/i1D3. The van der Waals surface area contributed by atoms with Gasteiger partial charge in [0.2, 0.25) is 0 Å². The largest absolute Gasteiger partial charge is 0.464 e. The average Bonchev–Trinajstić information content (AvgIpc) is 3.17. The van der Waals surface area contributed by atoms with Gasteiger partial charge in [-0.15, -0.1) is 0 Å². The summed E-state index contributed by atoms with van der Waals surface area (Å²) in [6, 6.07) is 11.1. The Hall–Kier alpha value is -2.66. The Morgan fingerprint density at radius 1 is 1.19 bits per heavy atom. The third-order valence-corrected chi connectivity index (χ3v) is 4.98. The van der Waals surface area contributed by atoms with E-state index in [2.05, 4.69) is 10.3 Å². The number of nitrogens with zero attached hydrogens (tertiary/aromatic N) is 1. The fourth-order valence-electron chi connectivity index (χ4n) is 3.50. The van der Waals surface area contributed by atoms with Gasteiger partial charge in [0.1, 0.15) is 5.58 Å². The minimum absolute atomic E-state index is 0.0278. The Bertz CT molecular complexity index is 990. The lowest BCUT2D eigenvalue weighted by molar-refractivity contribution is 0.0599. The number of hydrogen-bond donors (Lipinski definition) is 1. The van der Waals surface area contributed by atoms with Gasteiger partial charge in [-0.2, -0.15) is 0 Å². The van der Waals surface area contributed by atoms with Crippen LogP contribution in [-0.2, 0) is 4.74 Å². The molecule has 0 radical (unpaired) electrons. The topological polar surface area (TPSA) is 64.4 Å². The minimum Gasteiger partial charge on any atom is -0.464 e. The number of nitrogens with one attached hydrogen (secondary N) is 1. The molecule has 2 heterocycles. The van der Waals surface area contributed by atoms with Crippen molar-refractivity contribution >= 4 is 16.9 Å². The molecule has 0 aliphatic heterocycles. The highest BCUT2D eigenvalue weighted by Gasteiger charge is 2.22. The number of pyridine rings is 1. The Morgan fingerprint density at radius 2 is 2.00 bits per heavy atom. The monoisotopic (exact) mass is 353 g/mol. The number of furan rings is 1. The molecule has 1 N–H and O–H groups in total. The number of rotatable bonds is 4. The molecule has 0 bridgehead atoms. The van der Waals surface area contributed by atoms with Gasteiger partial charge in [-0.05, 0) is 49.9 Å². The zero-order valence-electron chi connectivity index (χ0n) is 17.3. The Labute approximate surface area is 156 Å². The van der Waals surface area contributed by atoms with Crippen molar-refractivity contribution in [2.75, 3.05) is 7.04 Å². The van der Waals surface area contributed by atoms with E-state index in [1.54, 1.807) is 24.6 Å². The van der Waals surface area contributed by atoms with Crippen molar-refractivity contribution < 1.29 is 18.1 Å². The van der Waals surface area contributed by atoms with Crippen LogP contribution in [0, 0.1) is 0 Å². The maximum Gasteiger partial charge on any atom is 0.251 e. The lowest BCUT2D eigenvalue weighted by Crippen LogP contribution is -2.38. The quantitative estimate of drug-likeness (QED) is 0.764. The summed E-state index contributed by atoms with van der Waals surface area (Å²) in [6.45, 7) is 0. The van der Waals surface area contributed by atoms with Gasteiger partial charge in [0.25, 0.3) is 5.91 Å². The number of amides is 1. The molecular weight excluding hydrogens is 328 g/mol. The highest BCUT2D eigenvalue weighted by molar-refractivity contribution is 5.96. The van der Waals surface area contributed by atoms with Crippen molar-refractivity contribution in [3.05, 3.63) is 54.4 Å². The second-order valence-corrected chi connectivity index (χ2v) is 6.63. The van der Waals surface area contributed by atoms with Crippen LogP contribution in [0.25, 0.3) is 22.2 Å². The first-order chi connectivity index (χ1) is 13.9. The van der Waals surface area contributed by atoms with E-state index in [0.29, 0.717) is 31.2 Å². The van der Waals surface area contributed by atoms with E-state index in [4.69, 9.17) is 13.3 Å². The third-order valence-electron chi connectivity index (χ3n) is 4.98. The highest BCUT2D eigenvalue weighted by Crippen LogP contribution is 2.27. The van der Waals surface area contributed by atoms with Gasteiger partial charge < -0.3 is 14.5 Å². The summed E-state index contributed by atoms with van der Waals surface area (Å²) in [7, 11) is -2.36. The summed E-state index contributed by atoms with van der Waals surface area (Å²) in [6.07, 6.45) is 5.73. The van der Waals surface area contributed by atoms with E-state index in [1.807, 2.05) is 24.3 Å². The van der Waals surface area contributed by atoms with Crippen LogP contribution >= 0.6 is 0 Å². The van der Waals surface area contributed by atoms with Gasteiger partial charge in [0, 0.05) is 35.8 Å². The molecule has 134 valence electrons. The molecule has 1 aliphatic carbocycles. The van der Waals surface area contributed by atoms with E-state index in [0.717, 1.165) is 22.2 Å². The van der Waals surface area contributed by atoms with Crippen LogP contribution in [0.4, 0.5) is 0 Å². The molecule has 2 aromatic heterocycles. The number of aromatic nitrogens is 1. The molecule has 4 rings (SSSR count). The number of hydrogen-bond acceptors (Lipinski definition) is 4. The Balaban J connectivity index is 1.37. The van der Waals surface area contributed by atoms with Gasteiger partial charge in [-0.1, -0.05) is 12.1 Å². The van der Waals surface area contributed by atoms with Gasteiger partial charge >= 0.3 is 0 Å². The van der Waals surface area contributed by atoms with Gasteiger partial charge in [-0.3, -0.25) is 9.78 Å². The first-order valence-electron chi connectivity index (χ1n) is 10.3. The van der Waals surface area contributed by atoms with Gasteiger partial charge in [0.05, 0.1) is 22.2 Å². The summed E-state index contributed by atoms with van der Waals surface area (Å²) in [5, 5.41) is 3.97. The molecule has 26 heavy (non-hydrogen) atoms. The second kappa shape index (κ2) is 7.30. The molecule has 3 aromatic rings. The second-order valence-electron chi connectivity index (χ2n) is 6.63. The SMILES string of the molecule is [2H]C([2H])([2H])OC1CCC(NC(=O)c2ccc(-c3nccc4occc34)cc2)CC1. The fraction of sp³-hybridized carbons (Fsp3) is 0.333. The van der Waals surface area contributed by atoms with Crippen LogP contribution in [0.3, 0.4) is 0 Å². The van der Waals surface area contributed by atoms with Gasteiger partial charge in [0.15, 0.2) is 0 Å². The molecule has 0 saturated heterocycles. The summed E-state index contributed by atoms with van der Waals surface area (Å²) < 4.78 is 32.1. The molecule has 0 unspecified atom stereocenters. The van der Waals surface area contributed by atoms with Crippen molar-refractivity contribution in [3.8, 4) is 11.3 Å². The molecule has 1 aliphatic rings. The summed E-state index contributed by atoms with van der Waals surface area (Å²) in [4.78, 5) is 17.0. The van der Waals surface area contributed by atoms with Crippen LogP contribution in [0.1, 0.15) is 40.2 Å². The first kappa shape index (κ1) is 13.5. The Morgan fingerprint density at radius 3 is 2.77 bits per heavy atom. The van der Waals surface area contributed by atoms with E-state index in [9.17, 15) is 4.79 Å². The molecule has 1 amide bonds. The summed E-state index contributed by atoms with van der Waals surface area (Å²) in [5.41, 5.74) is 3.08. The first-order valence-corrected chi connectivity index (χ1v) is 8.80. The third kappa shape index (κ3) is 3.35. The molecule has 5 heteroatoms. The average molecular weight is 353 g/mol. The number of methoxy groups -OCH3 is 1. The van der Waals surface area contributed by atoms with E-state index < -0.39 is 7.04 Å². The molecule has 1 fully saturated rings. The number of ether oxygens (including phenoxy) is 1. The highest BCUT2D eigenvalue weighted by atomic mass is 16.5. The predicted octanol–water partition coefficient (Wildman–Crippen LogP) is 4.18. The minimum atomic E-state index is -2.36. The van der Waals surface area contributed by atoms with E-state index >= 15 is 0 Å². The van der Waals surface area contributed by atoms with Gasteiger partial charge in [-0.25, -0.2) is 0 Å². The normalized spacial score (nSPS) is 22.4. The molecule has 1 saturated carbocycles. The molecule has 0 atom stereocenters. The smallest absolute Gasteiger partial charge is 0.251 e. The van der Waals surface area contributed by atoms with Crippen molar-refractivity contribution in [2.24, 2.45) is 0 Å². The lowest BCUT2D eigenvalue weighted by atomic mass is 9.92. The van der Waals surface area contributed by atoms with Crippen LogP contribution in [0.5, 0.6) is 0 Å². The molecule has 0 spiro atoms. The van der Waals surface area contributed by atoms with Crippen molar-refractivity contribution in [1.29, 1.82) is 0 Å². The van der Waals surface area contributed by atoms with Crippen molar-refractivity contribution in [3.63, 3.8) is 0 Å². The number of carbonyl (C=O) groups excluding carboxylic acids is 1.